The molecule has 0 saturated carbocycles. The monoisotopic (exact) mass is 346 g/mol. The first-order valence-electron chi connectivity index (χ1n) is 8.60. The zero-order chi connectivity index (χ0) is 18.4. The first-order valence-corrected chi connectivity index (χ1v) is 10.1. The van der Waals surface area contributed by atoms with Crippen LogP contribution < -0.4 is 0 Å². The van der Waals surface area contributed by atoms with Crippen LogP contribution in [0.4, 0.5) is 0 Å². The summed E-state index contributed by atoms with van der Waals surface area (Å²) < 4.78 is 25.0. The van der Waals surface area contributed by atoms with E-state index in [1.165, 1.54) is 6.08 Å². The van der Waals surface area contributed by atoms with Crippen molar-refractivity contribution in [1.29, 1.82) is 0 Å². The van der Waals surface area contributed by atoms with Gasteiger partial charge in [-0.05, 0) is 36.7 Å². The molecule has 136 valence electrons. The van der Waals surface area contributed by atoms with Crippen LogP contribution in [0.2, 0.25) is 0 Å². The van der Waals surface area contributed by atoms with Gasteiger partial charge < -0.3 is 0 Å². The highest BCUT2D eigenvalue weighted by molar-refractivity contribution is 7.72. The van der Waals surface area contributed by atoms with Crippen LogP contribution in [0, 0.1) is 23.7 Å². The number of rotatable bonds is 10. The molecule has 0 aromatic heterocycles. The summed E-state index contributed by atoms with van der Waals surface area (Å²) in [5.74, 6) is 0.563. The van der Waals surface area contributed by atoms with Gasteiger partial charge in [-0.1, -0.05) is 61.5 Å². The van der Waals surface area contributed by atoms with Gasteiger partial charge in [-0.2, -0.15) is 0 Å². The summed E-state index contributed by atoms with van der Waals surface area (Å²) in [7, 11) is -3.88. The molecule has 0 radical (unpaired) electrons. The average Bonchev–Trinajstić information content (AvgIpc) is 2.41. The Bertz CT molecular complexity index is 396. The van der Waals surface area contributed by atoms with Gasteiger partial charge in [0.15, 0.2) is 0 Å². The normalized spacial score (nSPS) is 13.7. The molecule has 0 aliphatic carbocycles. The van der Waals surface area contributed by atoms with Gasteiger partial charge in [0.25, 0.3) is 5.52 Å². The summed E-state index contributed by atoms with van der Waals surface area (Å²) in [4.78, 5) is 12.4. The number of hydrogen-bond acceptors (Lipinski definition) is 4. The van der Waals surface area contributed by atoms with E-state index >= 15 is 0 Å². The van der Waals surface area contributed by atoms with Crippen LogP contribution in [0.1, 0.15) is 62.3 Å². The van der Waals surface area contributed by atoms with Crippen molar-refractivity contribution >= 4 is 13.1 Å². The molecule has 0 N–H and O–H groups in total. The van der Waals surface area contributed by atoms with Crippen LogP contribution in [0.15, 0.2) is 12.2 Å². The summed E-state index contributed by atoms with van der Waals surface area (Å²) >= 11 is 0. The third kappa shape index (κ3) is 6.91. The molecule has 23 heavy (non-hydrogen) atoms. The van der Waals surface area contributed by atoms with E-state index in [1.54, 1.807) is 13.0 Å². The number of hydrogen-bond donors (Lipinski definition) is 0. The highest BCUT2D eigenvalue weighted by atomic mass is 31.2. The SMILES string of the molecule is C/C=C/C(=O)P(=O)(OC(C(C)C)C(C)C)OC(C(C)C)C(C)C. The van der Waals surface area contributed by atoms with Crippen molar-refractivity contribution in [2.75, 3.05) is 0 Å². The summed E-state index contributed by atoms with van der Waals surface area (Å²) in [6.45, 7) is 17.7. The van der Waals surface area contributed by atoms with E-state index in [0.29, 0.717) is 0 Å². The molecule has 0 aromatic carbocycles. The molecule has 0 fully saturated rings. The van der Waals surface area contributed by atoms with Crippen molar-refractivity contribution in [1.82, 2.24) is 0 Å². The fourth-order valence-electron chi connectivity index (χ4n) is 2.71. The Morgan fingerprint density at radius 3 is 1.30 bits per heavy atom. The second-order valence-corrected chi connectivity index (χ2v) is 9.31. The highest BCUT2D eigenvalue weighted by Crippen LogP contribution is 2.54. The summed E-state index contributed by atoms with van der Waals surface area (Å²) in [6.07, 6.45) is 2.27. The predicted octanol–water partition coefficient (Wildman–Crippen LogP) is 5.68. The van der Waals surface area contributed by atoms with E-state index in [4.69, 9.17) is 9.05 Å². The average molecular weight is 346 g/mol. The zero-order valence-corrected chi connectivity index (χ0v) is 17.1. The molecule has 0 aliphatic rings. The zero-order valence-electron chi connectivity index (χ0n) is 16.2. The molecule has 0 amide bonds. The second-order valence-electron chi connectivity index (χ2n) is 7.45. The van der Waals surface area contributed by atoms with Crippen LogP contribution >= 0.6 is 7.60 Å². The van der Waals surface area contributed by atoms with Gasteiger partial charge in [-0.15, -0.1) is 0 Å². The van der Waals surface area contributed by atoms with Crippen molar-refractivity contribution in [3.05, 3.63) is 12.2 Å². The third-order valence-corrected chi connectivity index (χ3v) is 5.46. The maximum atomic E-state index is 13.3. The molecule has 5 heteroatoms. The minimum atomic E-state index is -3.88. The quantitative estimate of drug-likeness (QED) is 0.377. The molecule has 0 spiro atoms. The minimum Gasteiger partial charge on any atom is -0.299 e. The van der Waals surface area contributed by atoms with Crippen LogP contribution in [0.25, 0.3) is 0 Å². The van der Waals surface area contributed by atoms with E-state index < -0.39 is 13.1 Å². The molecule has 0 aromatic rings. The topological polar surface area (TPSA) is 52.6 Å². The molecule has 0 aliphatic heterocycles. The first-order chi connectivity index (χ1) is 10.5. The van der Waals surface area contributed by atoms with Gasteiger partial charge >= 0.3 is 7.60 Å². The summed E-state index contributed by atoms with van der Waals surface area (Å²) in [5, 5.41) is 0. The van der Waals surface area contributed by atoms with E-state index in [2.05, 4.69) is 0 Å². The lowest BCUT2D eigenvalue weighted by atomic mass is 9.97. The number of carbonyl (C=O) groups is 1. The predicted molar refractivity (Wildman–Crippen MR) is 96.5 cm³/mol. The molecule has 0 bridgehead atoms. The first kappa shape index (κ1) is 22.6. The van der Waals surface area contributed by atoms with Crippen molar-refractivity contribution in [3.63, 3.8) is 0 Å². The van der Waals surface area contributed by atoms with Gasteiger partial charge in [0.2, 0.25) is 0 Å². The Morgan fingerprint density at radius 1 is 0.783 bits per heavy atom. The van der Waals surface area contributed by atoms with Crippen molar-refractivity contribution in [3.8, 4) is 0 Å². The molecule has 0 atom stereocenters. The van der Waals surface area contributed by atoms with Crippen molar-refractivity contribution in [2.24, 2.45) is 23.7 Å². The van der Waals surface area contributed by atoms with Gasteiger partial charge in [0, 0.05) is 0 Å². The van der Waals surface area contributed by atoms with Gasteiger partial charge in [-0.25, -0.2) is 0 Å². The highest BCUT2D eigenvalue weighted by Gasteiger charge is 2.41. The molecular formula is C18H35O4P. The number of carbonyl (C=O) groups excluding carboxylic acids is 1. The summed E-state index contributed by atoms with van der Waals surface area (Å²) in [6, 6.07) is 0. The van der Waals surface area contributed by atoms with E-state index in [-0.39, 0.29) is 35.9 Å². The Balaban J connectivity index is 5.65. The van der Waals surface area contributed by atoms with Crippen molar-refractivity contribution in [2.45, 2.75) is 74.5 Å². The third-order valence-electron chi connectivity index (χ3n) is 3.73. The standard InChI is InChI=1S/C18H35O4P/c1-10-11-16(19)23(20,21-17(12(2)3)13(4)5)22-18(14(6)7)15(8)9/h10-15,17-18H,1-9H3/b11-10+. The number of allylic oxidation sites excluding steroid dienone is 2. The van der Waals surface area contributed by atoms with E-state index in [0.717, 1.165) is 0 Å². The Labute approximate surface area is 142 Å². The maximum absolute atomic E-state index is 13.3. The van der Waals surface area contributed by atoms with E-state index in [1.807, 2.05) is 55.4 Å². The largest absolute Gasteiger partial charge is 0.401 e. The van der Waals surface area contributed by atoms with Gasteiger partial charge in [0.05, 0.1) is 12.2 Å². The van der Waals surface area contributed by atoms with Crippen LogP contribution in [-0.4, -0.2) is 17.7 Å². The minimum absolute atomic E-state index is 0.141. The Hall–Kier alpha value is -0.440. The maximum Gasteiger partial charge on any atom is 0.401 e. The lowest BCUT2D eigenvalue weighted by Crippen LogP contribution is -2.30. The van der Waals surface area contributed by atoms with Gasteiger partial charge in [0.1, 0.15) is 0 Å². The lowest BCUT2D eigenvalue weighted by molar-refractivity contribution is -0.111. The molecule has 0 saturated heterocycles. The van der Waals surface area contributed by atoms with Crippen LogP contribution in [0.5, 0.6) is 0 Å². The van der Waals surface area contributed by atoms with E-state index in [9.17, 15) is 9.36 Å². The van der Waals surface area contributed by atoms with Crippen molar-refractivity contribution < 1.29 is 18.4 Å². The smallest absolute Gasteiger partial charge is 0.299 e. The fraction of sp³-hybridized carbons (Fsp3) is 0.833. The fourth-order valence-corrected chi connectivity index (χ4v) is 4.91. The summed E-state index contributed by atoms with van der Waals surface area (Å²) in [5.41, 5.74) is -0.572. The Kier molecular flexibility index (Phi) is 9.57. The Morgan fingerprint density at radius 2 is 1.09 bits per heavy atom. The molecular weight excluding hydrogens is 311 g/mol. The molecule has 0 rings (SSSR count). The second kappa shape index (κ2) is 9.76. The lowest BCUT2D eigenvalue weighted by Gasteiger charge is -2.33. The van der Waals surface area contributed by atoms with Gasteiger partial charge in [-0.3, -0.25) is 18.4 Å². The molecule has 4 nitrogen and oxygen atoms in total. The van der Waals surface area contributed by atoms with Crippen LogP contribution in [-0.2, 0) is 18.4 Å². The van der Waals surface area contributed by atoms with Crippen LogP contribution in [0.3, 0.4) is 0 Å². The molecule has 0 unspecified atom stereocenters. The molecule has 0 heterocycles.